The third-order valence-electron chi connectivity index (χ3n) is 2.79. The molecule has 2 aromatic carbocycles. The molecule has 0 unspecified atom stereocenters. The second-order valence-electron chi connectivity index (χ2n) is 4.59. The summed E-state index contributed by atoms with van der Waals surface area (Å²) >= 11 is 0. The maximum absolute atomic E-state index is 12.5. The van der Waals surface area contributed by atoms with E-state index < -0.39 is 15.1 Å². The predicted octanol–water partition coefficient (Wildman–Crippen LogP) is 5.74. The molecule has 0 bridgehead atoms. The Hall–Kier alpha value is -2.09. The average molecular weight is 338 g/mol. The predicted molar refractivity (Wildman–Crippen MR) is 74.0 cm³/mol. The van der Waals surface area contributed by atoms with Gasteiger partial charge in [-0.05, 0) is 42.0 Å². The summed E-state index contributed by atoms with van der Waals surface area (Å²) in [6.45, 7) is -0.0823. The summed E-state index contributed by atoms with van der Waals surface area (Å²) in [5.41, 5.74) is 0.762. The molecule has 0 radical (unpaired) electrons. The lowest BCUT2D eigenvalue weighted by Crippen LogP contribution is -2.06. The van der Waals surface area contributed by atoms with Crippen LogP contribution in [-0.2, 0) is 6.61 Å². The van der Waals surface area contributed by atoms with E-state index in [1.165, 1.54) is 24.3 Å². The molecule has 0 heterocycles. The van der Waals surface area contributed by atoms with E-state index in [0.717, 1.165) is 12.1 Å². The van der Waals surface area contributed by atoms with Crippen molar-refractivity contribution in [2.45, 2.75) is 11.5 Å². The molecule has 0 spiro atoms. The van der Waals surface area contributed by atoms with Crippen molar-refractivity contribution >= 4 is 16.5 Å². The van der Waals surface area contributed by atoms with E-state index in [1.54, 1.807) is 0 Å². The van der Waals surface area contributed by atoms with Gasteiger partial charge >= 0.3 is 10.2 Å². The maximum Gasteiger partial charge on any atom is 0.310 e. The van der Waals surface area contributed by atoms with Crippen LogP contribution in [0.4, 0.5) is 19.4 Å². The molecule has 0 saturated heterocycles. The highest BCUT2D eigenvalue weighted by atomic mass is 32.5. The summed E-state index contributed by atoms with van der Waals surface area (Å²) in [7, 11) is -9.63. The number of carbonyl (C=O) groups excluding carboxylic acids is 1. The number of halogens is 5. The number of aldehydes is 1. The Balaban J connectivity index is 2.07. The fraction of sp³-hybridized carbons (Fsp3) is 0.0714. The van der Waals surface area contributed by atoms with Gasteiger partial charge in [0.05, 0.1) is 0 Å². The van der Waals surface area contributed by atoms with Gasteiger partial charge in [0.2, 0.25) is 0 Å². The largest absolute Gasteiger partial charge is 0.489 e. The minimum atomic E-state index is -9.63. The lowest BCUT2D eigenvalue weighted by molar-refractivity contribution is 0.112. The van der Waals surface area contributed by atoms with Gasteiger partial charge < -0.3 is 4.74 Å². The molecule has 22 heavy (non-hydrogen) atoms. The summed E-state index contributed by atoms with van der Waals surface area (Å²) in [4.78, 5) is 8.54. The van der Waals surface area contributed by atoms with Crippen LogP contribution >= 0.6 is 10.2 Å². The number of ether oxygens (including phenoxy) is 1. The highest BCUT2D eigenvalue weighted by Crippen LogP contribution is 3.02. The number of carbonyl (C=O) groups is 1. The summed E-state index contributed by atoms with van der Waals surface area (Å²) in [5.74, 6) is 0.405. The van der Waals surface area contributed by atoms with Crippen LogP contribution in [0.3, 0.4) is 0 Å². The Kier molecular flexibility index (Phi) is 3.48. The topological polar surface area (TPSA) is 26.3 Å². The zero-order valence-corrected chi connectivity index (χ0v) is 11.8. The van der Waals surface area contributed by atoms with Gasteiger partial charge in [-0.25, -0.2) is 0 Å². The second-order valence-corrected chi connectivity index (χ2v) is 7.00. The molecule has 0 fully saturated rings. The van der Waals surface area contributed by atoms with Crippen LogP contribution in [0, 0.1) is 0 Å². The molecule has 0 amide bonds. The van der Waals surface area contributed by atoms with Gasteiger partial charge in [-0.3, -0.25) is 4.79 Å². The van der Waals surface area contributed by atoms with E-state index in [2.05, 4.69) is 0 Å². The van der Waals surface area contributed by atoms with Crippen LogP contribution in [0.25, 0.3) is 0 Å². The number of rotatable bonds is 5. The molecule has 2 nitrogen and oxygen atoms in total. The van der Waals surface area contributed by atoms with Crippen LogP contribution in [0.2, 0.25) is 0 Å². The van der Waals surface area contributed by atoms with E-state index in [0.29, 0.717) is 35.3 Å². The molecular weight excluding hydrogens is 327 g/mol. The fourth-order valence-electron chi connectivity index (χ4n) is 1.65. The Morgan fingerprint density at radius 3 is 1.86 bits per heavy atom. The van der Waals surface area contributed by atoms with E-state index in [9.17, 15) is 24.2 Å². The van der Waals surface area contributed by atoms with Crippen molar-refractivity contribution in [2.24, 2.45) is 0 Å². The fourth-order valence-corrected chi connectivity index (χ4v) is 2.30. The second kappa shape index (κ2) is 4.70. The molecule has 2 rings (SSSR count). The van der Waals surface area contributed by atoms with Gasteiger partial charge in [0.15, 0.2) is 0 Å². The first-order valence-electron chi connectivity index (χ1n) is 5.99. The van der Waals surface area contributed by atoms with Crippen LogP contribution in [-0.4, -0.2) is 6.29 Å². The van der Waals surface area contributed by atoms with Crippen molar-refractivity contribution in [3.63, 3.8) is 0 Å². The molecule has 0 aliphatic rings. The van der Waals surface area contributed by atoms with Gasteiger partial charge in [-0.2, -0.15) is 0 Å². The van der Waals surface area contributed by atoms with E-state index in [1.807, 2.05) is 0 Å². The zero-order chi connectivity index (χ0) is 16.5. The summed E-state index contributed by atoms with van der Waals surface area (Å²) in [5, 5.41) is 0. The molecule has 0 aromatic heterocycles. The van der Waals surface area contributed by atoms with Gasteiger partial charge in [-0.1, -0.05) is 31.6 Å². The van der Waals surface area contributed by atoms with Gasteiger partial charge in [0.1, 0.15) is 23.5 Å². The Morgan fingerprint density at radius 1 is 0.864 bits per heavy atom. The summed E-state index contributed by atoms with van der Waals surface area (Å²) in [6, 6.07) is 8.63. The Bertz CT molecular complexity index is 678. The van der Waals surface area contributed by atoms with Crippen molar-refractivity contribution in [2.75, 3.05) is 0 Å². The van der Waals surface area contributed by atoms with Crippen LogP contribution in [0.5, 0.6) is 5.75 Å². The first-order valence-corrected chi connectivity index (χ1v) is 7.94. The molecular formula is C14H11F5O2S. The van der Waals surface area contributed by atoms with E-state index in [-0.39, 0.29) is 6.61 Å². The highest BCUT2D eigenvalue weighted by Gasteiger charge is 2.65. The first kappa shape index (κ1) is 16.3. The van der Waals surface area contributed by atoms with Crippen molar-refractivity contribution < 1.29 is 29.0 Å². The van der Waals surface area contributed by atoms with Gasteiger partial charge in [-0.15, -0.1) is 0 Å². The highest BCUT2D eigenvalue weighted by molar-refractivity contribution is 8.45. The molecule has 0 atom stereocenters. The SMILES string of the molecule is O=Cc1ccc(OCc2ccc(S(F)(F)(F)(F)F)cc2)cc1. The Morgan fingerprint density at radius 2 is 1.41 bits per heavy atom. The number of benzene rings is 2. The molecule has 120 valence electrons. The lowest BCUT2D eigenvalue weighted by Gasteiger charge is -2.40. The normalized spacial score (nSPS) is 14.8. The smallest absolute Gasteiger partial charge is 0.310 e. The Labute approximate surface area is 123 Å². The molecule has 0 N–H and O–H groups in total. The summed E-state index contributed by atoms with van der Waals surface area (Å²) < 4.78 is 68.0. The zero-order valence-electron chi connectivity index (χ0n) is 11.0. The van der Waals surface area contributed by atoms with E-state index in [4.69, 9.17) is 4.74 Å². The molecule has 8 heteroatoms. The third kappa shape index (κ3) is 4.20. The maximum atomic E-state index is 12.5. The molecule has 2 aromatic rings. The van der Waals surface area contributed by atoms with Crippen molar-refractivity contribution in [3.05, 3.63) is 59.7 Å². The van der Waals surface area contributed by atoms with Crippen LogP contribution in [0.15, 0.2) is 53.4 Å². The number of hydrogen-bond acceptors (Lipinski definition) is 2. The summed E-state index contributed by atoms with van der Waals surface area (Å²) in [6.07, 6.45) is 0.655. The lowest BCUT2D eigenvalue weighted by atomic mass is 10.2. The first-order chi connectivity index (χ1) is 9.97. The molecule has 0 aliphatic carbocycles. The van der Waals surface area contributed by atoms with E-state index >= 15 is 0 Å². The van der Waals surface area contributed by atoms with Crippen molar-refractivity contribution in [3.8, 4) is 5.75 Å². The van der Waals surface area contributed by atoms with Crippen LogP contribution in [0.1, 0.15) is 15.9 Å². The van der Waals surface area contributed by atoms with Gasteiger partial charge in [0, 0.05) is 5.56 Å². The minimum Gasteiger partial charge on any atom is -0.489 e. The van der Waals surface area contributed by atoms with Gasteiger partial charge in [0.25, 0.3) is 0 Å². The minimum absolute atomic E-state index is 0.0823. The molecule has 0 aliphatic heterocycles. The average Bonchev–Trinajstić information content (AvgIpc) is 2.44. The van der Waals surface area contributed by atoms with Crippen molar-refractivity contribution in [1.29, 1.82) is 0 Å². The van der Waals surface area contributed by atoms with Crippen molar-refractivity contribution in [1.82, 2.24) is 0 Å². The standard InChI is InChI=1S/C14H11F5O2S/c15-22(16,17,18,19)14-7-3-12(4-8-14)10-21-13-5-1-11(9-20)2-6-13/h1-9H,10H2. The quantitative estimate of drug-likeness (QED) is 0.514. The van der Waals surface area contributed by atoms with Crippen LogP contribution < -0.4 is 4.74 Å². The third-order valence-corrected chi connectivity index (χ3v) is 3.95. The number of hydrogen-bond donors (Lipinski definition) is 0. The molecule has 0 saturated carbocycles. The monoisotopic (exact) mass is 338 g/mol.